The first kappa shape index (κ1) is 15.4. The Labute approximate surface area is 145 Å². The summed E-state index contributed by atoms with van der Waals surface area (Å²) in [6, 6.07) is 0. The first-order chi connectivity index (χ1) is 11.8. The zero-order valence-electron chi connectivity index (χ0n) is 13.7. The van der Waals surface area contributed by atoms with Crippen LogP contribution in [-0.2, 0) is 13.6 Å². The molecule has 0 saturated carbocycles. The van der Waals surface area contributed by atoms with Crippen molar-refractivity contribution in [3.63, 3.8) is 0 Å². The van der Waals surface area contributed by atoms with Crippen molar-refractivity contribution in [2.24, 2.45) is 7.05 Å². The molecule has 0 aliphatic carbocycles. The lowest BCUT2D eigenvalue weighted by Gasteiger charge is -2.32. The number of imidazole rings is 1. The minimum Gasteiger partial charge on any atom is -0.332 e. The Bertz CT molecular complexity index is 797. The van der Waals surface area contributed by atoms with Gasteiger partial charge in [0.25, 0.3) is 0 Å². The van der Waals surface area contributed by atoms with Crippen molar-refractivity contribution in [2.45, 2.75) is 25.3 Å². The lowest BCUT2D eigenvalue weighted by atomic mass is 9.92. The van der Waals surface area contributed by atoms with Gasteiger partial charge < -0.3 is 4.57 Å². The third-order valence-electron chi connectivity index (χ3n) is 4.55. The molecule has 1 aliphatic heterocycles. The molecule has 7 heteroatoms. The molecule has 1 fully saturated rings. The summed E-state index contributed by atoms with van der Waals surface area (Å²) in [4.78, 5) is 20.4. The van der Waals surface area contributed by atoms with E-state index in [1.807, 2.05) is 29.6 Å². The molecule has 0 N–H and O–H groups in total. The molecule has 1 aliphatic rings. The molecule has 24 heavy (non-hydrogen) atoms. The van der Waals surface area contributed by atoms with Gasteiger partial charge in [0.2, 0.25) is 0 Å². The lowest BCUT2D eigenvalue weighted by molar-refractivity contribution is 0.197. The van der Waals surface area contributed by atoms with Gasteiger partial charge in [-0.2, -0.15) is 0 Å². The number of rotatable bonds is 4. The summed E-state index contributed by atoms with van der Waals surface area (Å²) in [5, 5.41) is 2.13. The zero-order chi connectivity index (χ0) is 16.4. The number of thiazole rings is 1. The van der Waals surface area contributed by atoms with Crippen LogP contribution in [0.25, 0.3) is 11.4 Å². The zero-order valence-corrected chi connectivity index (χ0v) is 14.5. The third kappa shape index (κ3) is 3.09. The van der Waals surface area contributed by atoms with E-state index in [-0.39, 0.29) is 0 Å². The summed E-state index contributed by atoms with van der Waals surface area (Å²) >= 11 is 1.66. The van der Waals surface area contributed by atoms with Crippen LogP contribution >= 0.6 is 11.3 Å². The Morgan fingerprint density at radius 3 is 2.96 bits per heavy atom. The van der Waals surface area contributed by atoms with Gasteiger partial charge in [0.05, 0.1) is 35.1 Å². The Morgan fingerprint density at radius 1 is 1.25 bits per heavy atom. The van der Waals surface area contributed by atoms with Crippen molar-refractivity contribution in [1.82, 2.24) is 29.4 Å². The van der Waals surface area contributed by atoms with Gasteiger partial charge in [0, 0.05) is 43.8 Å². The van der Waals surface area contributed by atoms with Gasteiger partial charge in [-0.3, -0.25) is 14.9 Å². The maximum absolute atomic E-state index is 4.69. The molecule has 1 atom stereocenters. The fourth-order valence-electron chi connectivity index (χ4n) is 3.40. The highest BCUT2D eigenvalue weighted by molar-refractivity contribution is 7.07. The second kappa shape index (κ2) is 6.78. The predicted molar refractivity (Wildman–Crippen MR) is 93.6 cm³/mol. The van der Waals surface area contributed by atoms with E-state index < -0.39 is 0 Å². The molecule has 0 radical (unpaired) electrons. The van der Waals surface area contributed by atoms with Crippen LogP contribution < -0.4 is 0 Å². The van der Waals surface area contributed by atoms with Gasteiger partial charge in [-0.1, -0.05) is 0 Å². The molecule has 0 amide bonds. The molecule has 3 aromatic rings. The number of nitrogens with zero attached hydrogens (tertiary/aromatic N) is 6. The van der Waals surface area contributed by atoms with Crippen molar-refractivity contribution in [1.29, 1.82) is 0 Å². The number of hydrogen-bond acceptors (Lipinski definition) is 6. The van der Waals surface area contributed by atoms with Crippen LogP contribution in [0.2, 0.25) is 0 Å². The van der Waals surface area contributed by atoms with Gasteiger partial charge in [0.1, 0.15) is 5.69 Å². The first-order valence-corrected chi connectivity index (χ1v) is 9.12. The van der Waals surface area contributed by atoms with E-state index in [4.69, 9.17) is 0 Å². The van der Waals surface area contributed by atoms with E-state index in [1.165, 1.54) is 6.42 Å². The molecule has 3 aromatic heterocycles. The molecule has 0 spiro atoms. The van der Waals surface area contributed by atoms with Crippen molar-refractivity contribution in [3.8, 4) is 11.4 Å². The normalized spacial score (nSPS) is 18.8. The van der Waals surface area contributed by atoms with Crippen LogP contribution in [-0.4, -0.2) is 42.5 Å². The molecule has 0 bridgehead atoms. The largest absolute Gasteiger partial charge is 0.332 e. The SMILES string of the molecule is Cn1cncc1-c1nccnc1[C@H]1CCCN(Cc2cscn2)C1. The fourth-order valence-corrected chi connectivity index (χ4v) is 3.95. The van der Waals surface area contributed by atoms with Crippen LogP contribution in [0.4, 0.5) is 0 Å². The molecule has 124 valence electrons. The number of hydrogen-bond donors (Lipinski definition) is 0. The number of piperidine rings is 1. The van der Waals surface area contributed by atoms with Crippen molar-refractivity contribution >= 4 is 11.3 Å². The Kier molecular flexibility index (Phi) is 4.36. The minimum atomic E-state index is 0.399. The van der Waals surface area contributed by atoms with Crippen LogP contribution in [0.3, 0.4) is 0 Å². The summed E-state index contributed by atoms with van der Waals surface area (Å²) in [7, 11) is 2.00. The van der Waals surface area contributed by atoms with Crippen LogP contribution in [0, 0.1) is 0 Å². The summed E-state index contributed by atoms with van der Waals surface area (Å²) in [6.07, 6.45) is 9.57. The maximum atomic E-state index is 4.69. The van der Waals surface area contributed by atoms with Crippen LogP contribution in [0.1, 0.15) is 30.1 Å². The second-order valence-electron chi connectivity index (χ2n) is 6.23. The van der Waals surface area contributed by atoms with Gasteiger partial charge in [-0.05, 0) is 19.4 Å². The summed E-state index contributed by atoms with van der Waals surface area (Å²) in [5.41, 5.74) is 6.13. The highest BCUT2D eigenvalue weighted by atomic mass is 32.1. The third-order valence-corrected chi connectivity index (χ3v) is 5.18. The molecule has 0 unspecified atom stereocenters. The molecule has 4 rings (SSSR count). The molecule has 6 nitrogen and oxygen atoms in total. The van der Waals surface area contributed by atoms with E-state index in [0.717, 1.165) is 48.8 Å². The Balaban J connectivity index is 1.58. The molecular formula is C17H20N6S. The molecule has 1 saturated heterocycles. The van der Waals surface area contributed by atoms with E-state index in [0.29, 0.717) is 5.92 Å². The van der Waals surface area contributed by atoms with Crippen molar-refractivity contribution in [2.75, 3.05) is 13.1 Å². The Morgan fingerprint density at radius 2 is 2.17 bits per heavy atom. The Hall–Kier alpha value is -2.12. The number of likely N-dealkylation sites (tertiary alicyclic amines) is 1. The second-order valence-corrected chi connectivity index (χ2v) is 6.95. The van der Waals surface area contributed by atoms with Gasteiger partial charge in [-0.25, -0.2) is 9.97 Å². The summed E-state index contributed by atoms with van der Waals surface area (Å²) in [6.45, 7) is 3.04. The van der Waals surface area contributed by atoms with Gasteiger partial charge in [0.15, 0.2) is 0 Å². The predicted octanol–water partition coefficient (Wildman–Crippen LogP) is 2.71. The lowest BCUT2D eigenvalue weighted by Crippen LogP contribution is -2.34. The summed E-state index contributed by atoms with van der Waals surface area (Å²) in [5.74, 6) is 0.399. The smallest absolute Gasteiger partial charge is 0.110 e. The highest BCUT2D eigenvalue weighted by Crippen LogP contribution is 2.31. The maximum Gasteiger partial charge on any atom is 0.110 e. The standard InChI is InChI=1S/C17H20N6S/c1-22-11-18-7-15(22)17-16(19-4-5-20-17)13-3-2-6-23(8-13)9-14-10-24-12-21-14/h4-5,7,10-13H,2-3,6,8-9H2,1H3/t13-/m0/s1. The fraction of sp³-hybridized carbons (Fsp3) is 0.412. The minimum absolute atomic E-state index is 0.399. The quantitative estimate of drug-likeness (QED) is 0.731. The average Bonchev–Trinajstić information content (AvgIpc) is 3.27. The van der Waals surface area contributed by atoms with Crippen molar-refractivity contribution in [3.05, 3.63) is 47.2 Å². The number of aromatic nitrogens is 5. The van der Waals surface area contributed by atoms with E-state index in [2.05, 4.69) is 30.2 Å². The first-order valence-electron chi connectivity index (χ1n) is 8.18. The monoisotopic (exact) mass is 340 g/mol. The highest BCUT2D eigenvalue weighted by Gasteiger charge is 2.26. The van der Waals surface area contributed by atoms with Gasteiger partial charge >= 0.3 is 0 Å². The molecule has 0 aromatic carbocycles. The molecule has 4 heterocycles. The summed E-state index contributed by atoms with van der Waals surface area (Å²) < 4.78 is 2.00. The van der Waals surface area contributed by atoms with Gasteiger partial charge in [-0.15, -0.1) is 11.3 Å². The van der Waals surface area contributed by atoms with E-state index in [1.54, 1.807) is 23.7 Å². The topological polar surface area (TPSA) is 59.7 Å². The number of aryl methyl sites for hydroxylation is 1. The van der Waals surface area contributed by atoms with Crippen LogP contribution in [0.15, 0.2) is 35.8 Å². The van der Waals surface area contributed by atoms with Crippen molar-refractivity contribution < 1.29 is 0 Å². The molecular weight excluding hydrogens is 320 g/mol. The average molecular weight is 340 g/mol. The van der Waals surface area contributed by atoms with Crippen LogP contribution in [0.5, 0.6) is 0 Å². The van der Waals surface area contributed by atoms with E-state index >= 15 is 0 Å². The van der Waals surface area contributed by atoms with E-state index in [9.17, 15) is 0 Å².